The van der Waals surface area contributed by atoms with E-state index in [1.807, 2.05) is 42.5 Å². The molecule has 0 N–H and O–H groups in total. The molecule has 1 heterocycles. The van der Waals surface area contributed by atoms with Crippen LogP contribution in [0, 0.1) is 0 Å². The van der Waals surface area contributed by atoms with E-state index < -0.39 is 0 Å². The molecule has 1 fully saturated rings. The van der Waals surface area contributed by atoms with Crippen LogP contribution in [0.15, 0.2) is 59.1 Å². The summed E-state index contributed by atoms with van der Waals surface area (Å²) in [5.41, 5.74) is 1.63. The molecular weight excluding hydrogens is 382 g/mol. The summed E-state index contributed by atoms with van der Waals surface area (Å²) in [4.78, 5) is 26.5. The number of carbonyl (C=O) groups is 2. The van der Waals surface area contributed by atoms with Crippen LogP contribution < -0.4 is 0 Å². The van der Waals surface area contributed by atoms with E-state index in [4.69, 9.17) is 4.74 Å². The molecule has 1 saturated heterocycles. The standard InChI is InChI=1S/C20H20BrNO3/c21-17-10-8-16(9-11-17)19(23)13-18-7-4-12-22(18)20(24)25-14-15-5-2-1-3-6-15/h1-3,5-6,8-11,18H,4,7,12-14H2/t18-/m0/s1. The summed E-state index contributed by atoms with van der Waals surface area (Å²) < 4.78 is 6.36. The highest BCUT2D eigenvalue weighted by atomic mass is 79.9. The Hall–Kier alpha value is -2.14. The Bertz CT molecular complexity index is 730. The van der Waals surface area contributed by atoms with Gasteiger partial charge in [0.15, 0.2) is 5.78 Å². The predicted octanol–water partition coefficient (Wildman–Crippen LogP) is 4.82. The molecule has 1 aliphatic heterocycles. The van der Waals surface area contributed by atoms with Crippen molar-refractivity contribution in [3.05, 3.63) is 70.2 Å². The molecule has 1 aliphatic rings. The van der Waals surface area contributed by atoms with Gasteiger partial charge in [-0.1, -0.05) is 58.4 Å². The molecule has 0 bridgehead atoms. The van der Waals surface area contributed by atoms with Crippen LogP contribution in [0.2, 0.25) is 0 Å². The lowest BCUT2D eigenvalue weighted by Gasteiger charge is -2.23. The summed E-state index contributed by atoms with van der Waals surface area (Å²) in [6, 6.07) is 16.8. The molecule has 1 atom stereocenters. The molecule has 0 unspecified atom stereocenters. The van der Waals surface area contributed by atoms with Crippen molar-refractivity contribution >= 4 is 27.8 Å². The van der Waals surface area contributed by atoms with Crippen molar-refractivity contribution in [2.45, 2.75) is 31.9 Å². The minimum Gasteiger partial charge on any atom is -0.445 e. The first-order valence-electron chi connectivity index (χ1n) is 8.39. The fourth-order valence-corrected chi connectivity index (χ4v) is 3.32. The zero-order valence-corrected chi connectivity index (χ0v) is 15.4. The minimum absolute atomic E-state index is 0.0558. The maximum Gasteiger partial charge on any atom is 0.410 e. The molecule has 4 nitrogen and oxygen atoms in total. The molecule has 3 rings (SSSR count). The van der Waals surface area contributed by atoms with Gasteiger partial charge in [0.1, 0.15) is 6.61 Å². The number of amides is 1. The van der Waals surface area contributed by atoms with E-state index in [1.165, 1.54) is 0 Å². The van der Waals surface area contributed by atoms with E-state index in [2.05, 4.69) is 15.9 Å². The van der Waals surface area contributed by atoms with E-state index in [1.54, 1.807) is 17.0 Å². The number of carbonyl (C=O) groups excluding carboxylic acids is 2. The van der Waals surface area contributed by atoms with Gasteiger partial charge < -0.3 is 9.64 Å². The largest absolute Gasteiger partial charge is 0.445 e. The first-order chi connectivity index (χ1) is 12.1. The second-order valence-electron chi connectivity index (χ2n) is 6.16. The van der Waals surface area contributed by atoms with Crippen molar-refractivity contribution in [1.29, 1.82) is 0 Å². The molecule has 0 radical (unpaired) electrons. The molecule has 5 heteroatoms. The SMILES string of the molecule is O=C(C[C@@H]1CCCN1C(=O)OCc1ccccc1)c1ccc(Br)cc1. The number of hydrogen-bond donors (Lipinski definition) is 0. The van der Waals surface area contributed by atoms with Gasteiger partial charge in [0.2, 0.25) is 0 Å². The van der Waals surface area contributed by atoms with Gasteiger partial charge in [0.05, 0.1) is 0 Å². The van der Waals surface area contributed by atoms with Gasteiger partial charge in [0, 0.05) is 29.0 Å². The molecular formula is C20H20BrNO3. The van der Waals surface area contributed by atoms with Crippen LogP contribution in [-0.4, -0.2) is 29.4 Å². The molecule has 0 aromatic heterocycles. The lowest BCUT2D eigenvalue weighted by molar-refractivity contribution is 0.0833. The van der Waals surface area contributed by atoms with E-state index >= 15 is 0 Å². The molecule has 2 aromatic rings. The number of ether oxygens (including phenoxy) is 1. The Morgan fingerprint density at radius 1 is 1.08 bits per heavy atom. The Morgan fingerprint density at radius 3 is 2.52 bits per heavy atom. The Kier molecular flexibility index (Phi) is 5.87. The third-order valence-corrected chi connectivity index (χ3v) is 4.93. The van der Waals surface area contributed by atoms with Crippen LogP contribution in [0.5, 0.6) is 0 Å². The van der Waals surface area contributed by atoms with Crippen molar-refractivity contribution in [2.75, 3.05) is 6.54 Å². The Labute approximate surface area is 155 Å². The van der Waals surface area contributed by atoms with Crippen LogP contribution in [-0.2, 0) is 11.3 Å². The minimum atomic E-state index is -0.338. The van der Waals surface area contributed by atoms with Crippen LogP contribution in [0.4, 0.5) is 4.79 Å². The molecule has 25 heavy (non-hydrogen) atoms. The summed E-state index contributed by atoms with van der Waals surface area (Å²) in [7, 11) is 0. The smallest absolute Gasteiger partial charge is 0.410 e. The first kappa shape index (κ1) is 17.7. The molecule has 0 aliphatic carbocycles. The number of rotatable bonds is 5. The molecule has 0 spiro atoms. The van der Waals surface area contributed by atoms with Crippen LogP contribution in [0.3, 0.4) is 0 Å². The van der Waals surface area contributed by atoms with E-state index in [9.17, 15) is 9.59 Å². The first-order valence-corrected chi connectivity index (χ1v) is 9.19. The van der Waals surface area contributed by atoms with Gasteiger partial charge >= 0.3 is 6.09 Å². The van der Waals surface area contributed by atoms with Gasteiger partial charge in [-0.15, -0.1) is 0 Å². The average Bonchev–Trinajstić information content (AvgIpc) is 3.09. The summed E-state index contributed by atoms with van der Waals surface area (Å²) in [5, 5.41) is 0. The van der Waals surface area contributed by atoms with E-state index in [0.717, 1.165) is 22.9 Å². The third-order valence-electron chi connectivity index (χ3n) is 4.40. The Balaban J connectivity index is 1.57. The fraction of sp³-hybridized carbons (Fsp3) is 0.300. The second kappa shape index (κ2) is 8.30. The molecule has 2 aromatic carbocycles. The van der Waals surface area contributed by atoms with Gasteiger partial charge in [-0.25, -0.2) is 4.79 Å². The lowest BCUT2D eigenvalue weighted by atomic mass is 10.0. The second-order valence-corrected chi connectivity index (χ2v) is 7.08. The number of likely N-dealkylation sites (tertiary alicyclic amines) is 1. The number of hydrogen-bond acceptors (Lipinski definition) is 3. The zero-order chi connectivity index (χ0) is 17.6. The molecule has 0 saturated carbocycles. The van der Waals surface area contributed by atoms with Gasteiger partial charge in [0.25, 0.3) is 0 Å². The molecule has 130 valence electrons. The van der Waals surface area contributed by atoms with Crippen molar-refractivity contribution in [3.63, 3.8) is 0 Å². The highest BCUT2D eigenvalue weighted by Gasteiger charge is 2.31. The van der Waals surface area contributed by atoms with E-state index in [-0.39, 0.29) is 24.5 Å². The summed E-state index contributed by atoms with van der Waals surface area (Å²) in [5.74, 6) is 0.0558. The number of halogens is 1. The van der Waals surface area contributed by atoms with Crippen molar-refractivity contribution in [2.24, 2.45) is 0 Å². The number of Topliss-reactive ketones (excluding diaryl/α,β-unsaturated/α-hetero) is 1. The highest BCUT2D eigenvalue weighted by molar-refractivity contribution is 9.10. The summed E-state index contributed by atoms with van der Waals surface area (Å²) >= 11 is 3.37. The van der Waals surface area contributed by atoms with Gasteiger partial charge in [-0.3, -0.25) is 4.79 Å². The maximum absolute atomic E-state index is 12.5. The van der Waals surface area contributed by atoms with Gasteiger partial charge in [-0.05, 0) is 30.5 Å². The van der Waals surface area contributed by atoms with Crippen molar-refractivity contribution in [3.8, 4) is 0 Å². The monoisotopic (exact) mass is 401 g/mol. The fourth-order valence-electron chi connectivity index (χ4n) is 3.06. The Morgan fingerprint density at radius 2 is 1.80 bits per heavy atom. The third kappa shape index (κ3) is 4.69. The average molecular weight is 402 g/mol. The van der Waals surface area contributed by atoms with Crippen LogP contribution in [0.1, 0.15) is 35.2 Å². The summed E-state index contributed by atoms with van der Waals surface area (Å²) in [6.45, 7) is 0.898. The topological polar surface area (TPSA) is 46.6 Å². The quantitative estimate of drug-likeness (QED) is 0.674. The number of ketones is 1. The number of nitrogens with zero attached hydrogens (tertiary/aromatic N) is 1. The highest BCUT2D eigenvalue weighted by Crippen LogP contribution is 2.23. The normalized spacial score (nSPS) is 16.7. The maximum atomic E-state index is 12.5. The summed E-state index contributed by atoms with van der Waals surface area (Å²) in [6.07, 6.45) is 1.73. The van der Waals surface area contributed by atoms with Crippen LogP contribution >= 0.6 is 15.9 Å². The molecule has 1 amide bonds. The van der Waals surface area contributed by atoms with Crippen molar-refractivity contribution in [1.82, 2.24) is 4.90 Å². The lowest BCUT2D eigenvalue weighted by Crippen LogP contribution is -2.37. The zero-order valence-electron chi connectivity index (χ0n) is 13.9. The van der Waals surface area contributed by atoms with Gasteiger partial charge in [-0.2, -0.15) is 0 Å². The number of benzene rings is 2. The van der Waals surface area contributed by atoms with E-state index in [0.29, 0.717) is 18.5 Å². The van der Waals surface area contributed by atoms with Crippen LogP contribution in [0.25, 0.3) is 0 Å². The predicted molar refractivity (Wildman–Crippen MR) is 99.4 cm³/mol. The van der Waals surface area contributed by atoms with Crippen molar-refractivity contribution < 1.29 is 14.3 Å².